The number of hydrogen-bond acceptors (Lipinski definition) is 2. The van der Waals surface area contributed by atoms with Gasteiger partial charge in [-0.3, -0.25) is 0 Å². The van der Waals surface area contributed by atoms with Crippen LogP contribution in [-0.4, -0.2) is 9.55 Å². The Kier molecular flexibility index (Phi) is 1.33. The zero-order valence-electron chi connectivity index (χ0n) is 7.20. The maximum Gasteiger partial charge on any atom is 0.128 e. The number of nitrogen functional groups attached to an aromatic ring is 1. The molecule has 12 heavy (non-hydrogen) atoms. The van der Waals surface area contributed by atoms with Crippen LogP contribution in [0, 0.1) is 6.92 Å². The molecule has 0 radical (unpaired) electrons. The lowest BCUT2D eigenvalue weighted by Crippen LogP contribution is -1.96. The van der Waals surface area contributed by atoms with Gasteiger partial charge in [-0.15, -0.1) is 0 Å². The minimum Gasteiger partial charge on any atom is -0.383 e. The zero-order chi connectivity index (χ0) is 8.72. The molecule has 0 fully saturated rings. The Hall–Kier alpha value is -1.51. The molecule has 0 aliphatic carbocycles. The Balaban J connectivity index is 2.96. The monoisotopic (exact) mass is 161 g/mol. The standard InChI is InChI=1S/C9H11N3/c1-6-8-7(3-4-12(8)2)5-11-9(6)10/h3-5H,1-2H3,(H2,10,11). The van der Waals surface area contributed by atoms with Crippen LogP contribution in [0.15, 0.2) is 18.5 Å². The summed E-state index contributed by atoms with van der Waals surface area (Å²) in [5.41, 5.74) is 7.91. The number of fused-ring (bicyclic) bond motifs is 1. The lowest BCUT2D eigenvalue weighted by Gasteiger charge is -2.02. The molecule has 0 saturated heterocycles. The molecular formula is C9H11N3. The van der Waals surface area contributed by atoms with Gasteiger partial charge in [0, 0.05) is 30.4 Å². The number of rotatable bonds is 0. The van der Waals surface area contributed by atoms with Crippen molar-refractivity contribution in [3.05, 3.63) is 24.0 Å². The Labute approximate surface area is 70.8 Å². The molecule has 62 valence electrons. The van der Waals surface area contributed by atoms with E-state index in [0.29, 0.717) is 5.82 Å². The van der Waals surface area contributed by atoms with E-state index in [2.05, 4.69) is 9.55 Å². The Morgan fingerprint density at radius 1 is 1.50 bits per heavy atom. The van der Waals surface area contributed by atoms with E-state index < -0.39 is 0 Å². The third-order valence-electron chi connectivity index (χ3n) is 2.19. The van der Waals surface area contributed by atoms with Gasteiger partial charge in [0.2, 0.25) is 0 Å². The van der Waals surface area contributed by atoms with Gasteiger partial charge >= 0.3 is 0 Å². The molecule has 0 aliphatic heterocycles. The number of aryl methyl sites for hydroxylation is 2. The van der Waals surface area contributed by atoms with Crippen molar-refractivity contribution in [3.63, 3.8) is 0 Å². The van der Waals surface area contributed by atoms with Gasteiger partial charge in [0.15, 0.2) is 0 Å². The molecule has 3 heteroatoms. The first kappa shape index (κ1) is 7.16. The molecule has 2 heterocycles. The van der Waals surface area contributed by atoms with Crippen molar-refractivity contribution < 1.29 is 0 Å². The molecule has 0 bridgehead atoms. The van der Waals surface area contributed by atoms with Gasteiger partial charge in [-0.1, -0.05) is 0 Å². The molecule has 0 unspecified atom stereocenters. The van der Waals surface area contributed by atoms with Gasteiger partial charge in [-0.2, -0.15) is 0 Å². The van der Waals surface area contributed by atoms with Crippen LogP contribution in [-0.2, 0) is 7.05 Å². The largest absolute Gasteiger partial charge is 0.383 e. The second-order valence-electron chi connectivity index (χ2n) is 3.00. The smallest absolute Gasteiger partial charge is 0.128 e. The van der Waals surface area contributed by atoms with Gasteiger partial charge in [-0.25, -0.2) is 4.98 Å². The third kappa shape index (κ3) is 0.794. The number of hydrogen-bond donors (Lipinski definition) is 1. The molecule has 2 aromatic heterocycles. The topological polar surface area (TPSA) is 43.8 Å². The molecular weight excluding hydrogens is 150 g/mol. The molecule has 0 atom stereocenters. The van der Waals surface area contributed by atoms with Crippen molar-refractivity contribution in [3.8, 4) is 0 Å². The Morgan fingerprint density at radius 3 is 3.00 bits per heavy atom. The summed E-state index contributed by atoms with van der Waals surface area (Å²) in [6.07, 6.45) is 3.82. The van der Waals surface area contributed by atoms with Crippen molar-refractivity contribution in [1.82, 2.24) is 9.55 Å². The van der Waals surface area contributed by atoms with E-state index >= 15 is 0 Å². The van der Waals surface area contributed by atoms with Crippen LogP contribution in [0.4, 0.5) is 5.82 Å². The van der Waals surface area contributed by atoms with E-state index in [4.69, 9.17) is 5.73 Å². The fraction of sp³-hybridized carbons (Fsp3) is 0.222. The molecule has 0 aromatic carbocycles. The van der Waals surface area contributed by atoms with Crippen molar-refractivity contribution in [1.29, 1.82) is 0 Å². The SMILES string of the molecule is Cc1c(N)ncc2ccn(C)c12. The lowest BCUT2D eigenvalue weighted by atomic mass is 10.2. The van der Waals surface area contributed by atoms with Crippen LogP contribution >= 0.6 is 0 Å². The number of nitrogens with zero attached hydrogens (tertiary/aromatic N) is 2. The molecule has 0 saturated carbocycles. The lowest BCUT2D eigenvalue weighted by molar-refractivity contribution is 0.963. The fourth-order valence-corrected chi connectivity index (χ4v) is 1.49. The number of aromatic nitrogens is 2. The van der Waals surface area contributed by atoms with E-state index in [1.807, 2.05) is 26.2 Å². The van der Waals surface area contributed by atoms with E-state index in [1.54, 1.807) is 6.20 Å². The summed E-state index contributed by atoms with van der Waals surface area (Å²) in [6.45, 7) is 1.99. The first-order chi connectivity index (χ1) is 5.70. The van der Waals surface area contributed by atoms with Gasteiger partial charge in [0.1, 0.15) is 5.82 Å². The molecule has 0 amide bonds. The van der Waals surface area contributed by atoms with Crippen molar-refractivity contribution in [2.45, 2.75) is 6.92 Å². The first-order valence-corrected chi connectivity index (χ1v) is 3.86. The third-order valence-corrected chi connectivity index (χ3v) is 2.19. The van der Waals surface area contributed by atoms with Crippen LogP contribution in [0.3, 0.4) is 0 Å². The maximum absolute atomic E-state index is 5.69. The summed E-state index contributed by atoms with van der Waals surface area (Å²) in [5.74, 6) is 0.615. The van der Waals surface area contributed by atoms with Crippen LogP contribution in [0.5, 0.6) is 0 Å². The van der Waals surface area contributed by atoms with Crippen LogP contribution < -0.4 is 5.73 Å². The molecule has 0 aliphatic rings. The number of anilines is 1. The highest BCUT2D eigenvalue weighted by atomic mass is 14.9. The molecule has 0 spiro atoms. The van der Waals surface area contributed by atoms with Gasteiger partial charge in [0.25, 0.3) is 0 Å². The maximum atomic E-state index is 5.69. The molecule has 2 aromatic rings. The summed E-state index contributed by atoms with van der Waals surface area (Å²) in [7, 11) is 2.01. The highest BCUT2D eigenvalue weighted by Gasteiger charge is 2.04. The van der Waals surface area contributed by atoms with Crippen LogP contribution in [0.1, 0.15) is 5.56 Å². The van der Waals surface area contributed by atoms with Crippen molar-refractivity contribution in [2.24, 2.45) is 7.05 Å². The average Bonchev–Trinajstić information content (AvgIpc) is 2.41. The molecule has 3 nitrogen and oxygen atoms in total. The summed E-state index contributed by atoms with van der Waals surface area (Å²) in [5, 5.41) is 1.14. The number of pyridine rings is 1. The highest BCUT2D eigenvalue weighted by Crippen LogP contribution is 2.20. The summed E-state index contributed by atoms with van der Waals surface area (Å²) in [6, 6.07) is 2.04. The second-order valence-corrected chi connectivity index (χ2v) is 3.00. The van der Waals surface area contributed by atoms with Crippen LogP contribution in [0.2, 0.25) is 0 Å². The van der Waals surface area contributed by atoms with Gasteiger partial charge in [-0.05, 0) is 13.0 Å². The summed E-state index contributed by atoms with van der Waals surface area (Å²) in [4.78, 5) is 4.08. The highest BCUT2D eigenvalue weighted by molar-refractivity contribution is 5.85. The minimum absolute atomic E-state index is 0.615. The minimum atomic E-state index is 0.615. The van der Waals surface area contributed by atoms with E-state index in [1.165, 1.54) is 5.52 Å². The molecule has 2 rings (SSSR count). The molecule has 2 N–H and O–H groups in total. The fourth-order valence-electron chi connectivity index (χ4n) is 1.49. The normalized spacial score (nSPS) is 10.8. The summed E-state index contributed by atoms with van der Waals surface area (Å²) >= 11 is 0. The first-order valence-electron chi connectivity index (χ1n) is 3.86. The summed E-state index contributed by atoms with van der Waals surface area (Å²) < 4.78 is 2.06. The second kappa shape index (κ2) is 2.24. The van der Waals surface area contributed by atoms with E-state index in [9.17, 15) is 0 Å². The Bertz CT molecular complexity index is 429. The predicted octanol–water partition coefficient (Wildman–Crippen LogP) is 1.46. The Morgan fingerprint density at radius 2 is 2.25 bits per heavy atom. The number of nitrogens with two attached hydrogens (primary N) is 1. The average molecular weight is 161 g/mol. The van der Waals surface area contributed by atoms with Crippen molar-refractivity contribution >= 4 is 16.7 Å². The quantitative estimate of drug-likeness (QED) is 0.635. The van der Waals surface area contributed by atoms with E-state index in [0.717, 1.165) is 10.9 Å². The van der Waals surface area contributed by atoms with Gasteiger partial charge in [0.05, 0.1) is 5.52 Å². The van der Waals surface area contributed by atoms with Gasteiger partial charge < -0.3 is 10.3 Å². The van der Waals surface area contributed by atoms with Crippen molar-refractivity contribution in [2.75, 3.05) is 5.73 Å². The predicted molar refractivity (Wildman–Crippen MR) is 49.9 cm³/mol. The zero-order valence-corrected chi connectivity index (χ0v) is 7.20. The van der Waals surface area contributed by atoms with E-state index in [-0.39, 0.29) is 0 Å². The van der Waals surface area contributed by atoms with Crippen LogP contribution in [0.25, 0.3) is 10.9 Å².